The van der Waals surface area contributed by atoms with Crippen LogP contribution in [0.15, 0.2) is 64.7 Å². The summed E-state index contributed by atoms with van der Waals surface area (Å²) in [4.78, 5) is 0. The third-order valence-corrected chi connectivity index (χ3v) is 4.01. The zero-order chi connectivity index (χ0) is 13.1. The quantitative estimate of drug-likeness (QED) is 0.817. The van der Waals surface area contributed by atoms with Gasteiger partial charge in [0.2, 0.25) is 5.90 Å². The molecule has 3 rings (SSSR count). The van der Waals surface area contributed by atoms with Gasteiger partial charge >= 0.3 is 0 Å². The Kier molecular flexibility index (Phi) is 3.38. The summed E-state index contributed by atoms with van der Waals surface area (Å²) in [5, 5.41) is 0. The normalized spacial score (nSPS) is 19.3. The first-order chi connectivity index (χ1) is 9.38. The minimum Gasteiger partial charge on any atom is -0.479 e. The van der Waals surface area contributed by atoms with E-state index in [1.54, 1.807) is 0 Å². The first kappa shape index (κ1) is 12.4. The summed E-state index contributed by atoms with van der Waals surface area (Å²) in [5.41, 5.74) is 2.17. The molecule has 0 aliphatic carbocycles. The molecule has 2 nitrogen and oxygen atoms in total. The minimum atomic E-state index is -0.272. The SMILES string of the molecule is BrN=C1OCCC1(c1ccccc1)c1ccccc1. The first-order valence-electron chi connectivity index (χ1n) is 6.31. The lowest BCUT2D eigenvalue weighted by Crippen LogP contribution is -2.32. The third kappa shape index (κ3) is 1.98. The molecule has 1 aliphatic heterocycles. The fourth-order valence-electron chi connectivity index (χ4n) is 2.78. The highest BCUT2D eigenvalue weighted by molar-refractivity contribution is 9.08. The van der Waals surface area contributed by atoms with Gasteiger partial charge in [0.05, 0.1) is 28.2 Å². The van der Waals surface area contributed by atoms with Gasteiger partial charge in [0.1, 0.15) is 0 Å². The van der Waals surface area contributed by atoms with Crippen molar-refractivity contribution in [2.75, 3.05) is 6.61 Å². The van der Waals surface area contributed by atoms with Crippen LogP contribution in [0.3, 0.4) is 0 Å². The maximum absolute atomic E-state index is 5.73. The molecule has 2 aromatic rings. The van der Waals surface area contributed by atoms with E-state index in [0.29, 0.717) is 6.61 Å². The van der Waals surface area contributed by atoms with Gasteiger partial charge in [-0.3, -0.25) is 0 Å². The number of halogens is 1. The standard InChI is InChI=1S/C16H14BrNO/c17-18-15-16(11-12-19-15,13-7-3-1-4-8-13)14-9-5-2-6-10-14/h1-10H,11-12H2. The predicted octanol–water partition coefficient (Wildman–Crippen LogP) is 4.10. The summed E-state index contributed by atoms with van der Waals surface area (Å²) in [5.74, 6) is 0.741. The zero-order valence-corrected chi connectivity index (χ0v) is 12.0. The summed E-state index contributed by atoms with van der Waals surface area (Å²) in [7, 11) is 0. The van der Waals surface area contributed by atoms with Gasteiger partial charge in [0.15, 0.2) is 0 Å². The van der Waals surface area contributed by atoms with Crippen molar-refractivity contribution in [2.45, 2.75) is 11.8 Å². The Morgan fingerprint density at radius 1 is 0.895 bits per heavy atom. The fourth-order valence-corrected chi connectivity index (χ4v) is 3.18. The molecule has 2 aromatic carbocycles. The molecule has 0 unspecified atom stereocenters. The summed E-state index contributed by atoms with van der Waals surface area (Å²) in [6.45, 7) is 0.689. The van der Waals surface area contributed by atoms with E-state index < -0.39 is 0 Å². The van der Waals surface area contributed by atoms with Gasteiger partial charge in [0.25, 0.3) is 0 Å². The van der Waals surface area contributed by atoms with Gasteiger partial charge in [-0.15, -0.1) is 0 Å². The van der Waals surface area contributed by atoms with Crippen LogP contribution < -0.4 is 0 Å². The maximum Gasteiger partial charge on any atom is 0.210 e. The molecule has 0 bridgehead atoms. The number of nitrogens with zero attached hydrogens (tertiary/aromatic N) is 1. The van der Waals surface area contributed by atoms with E-state index in [2.05, 4.69) is 68.7 Å². The van der Waals surface area contributed by atoms with Crippen LogP contribution in [0.2, 0.25) is 0 Å². The van der Waals surface area contributed by atoms with E-state index in [1.807, 2.05) is 12.1 Å². The minimum absolute atomic E-state index is 0.272. The van der Waals surface area contributed by atoms with Gasteiger partial charge in [-0.2, -0.15) is 4.02 Å². The molecule has 0 amide bonds. The molecular weight excluding hydrogens is 302 g/mol. The fraction of sp³-hybridized carbons (Fsp3) is 0.188. The van der Waals surface area contributed by atoms with Crippen molar-refractivity contribution in [3.8, 4) is 0 Å². The molecular formula is C16H14BrNO. The largest absolute Gasteiger partial charge is 0.479 e. The van der Waals surface area contributed by atoms with Crippen molar-refractivity contribution in [1.29, 1.82) is 0 Å². The number of hydrogen-bond donors (Lipinski definition) is 0. The molecule has 1 heterocycles. The van der Waals surface area contributed by atoms with Crippen molar-refractivity contribution in [2.24, 2.45) is 4.02 Å². The Balaban J connectivity index is 2.23. The maximum atomic E-state index is 5.73. The van der Waals surface area contributed by atoms with Crippen molar-refractivity contribution in [1.82, 2.24) is 0 Å². The van der Waals surface area contributed by atoms with Crippen LogP contribution in [-0.2, 0) is 10.2 Å². The lowest BCUT2D eigenvalue weighted by atomic mass is 9.73. The number of rotatable bonds is 2. The van der Waals surface area contributed by atoms with Crippen molar-refractivity contribution in [3.05, 3.63) is 71.8 Å². The highest BCUT2D eigenvalue weighted by atomic mass is 79.9. The van der Waals surface area contributed by atoms with Gasteiger partial charge in [-0.25, -0.2) is 0 Å². The Bertz CT molecular complexity index is 541. The summed E-state index contributed by atoms with van der Waals surface area (Å²) in [6, 6.07) is 20.9. The number of ether oxygens (including phenoxy) is 1. The molecule has 19 heavy (non-hydrogen) atoms. The highest BCUT2D eigenvalue weighted by Gasteiger charge is 2.45. The van der Waals surface area contributed by atoms with Crippen molar-refractivity contribution in [3.63, 3.8) is 0 Å². The van der Waals surface area contributed by atoms with E-state index in [9.17, 15) is 0 Å². The Hall–Kier alpha value is -1.61. The van der Waals surface area contributed by atoms with Gasteiger partial charge < -0.3 is 4.74 Å². The molecule has 1 fully saturated rings. The Labute approximate surface area is 121 Å². The first-order valence-corrected chi connectivity index (χ1v) is 7.02. The predicted molar refractivity (Wildman–Crippen MR) is 80.6 cm³/mol. The molecule has 0 saturated carbocycles. The monoisotopic (exact) mass is 315 g/mol. The third-order valence-electron chi connectivity index (χ3n) is 3.69. The lowest BCUT2D eigenvalue weighted by molar-refractivity contribution is 0.345. The molecule has 96 valence electrons. The topological polar surface area (TPSA) is 21.6 Å². The Morgan fingerprint density at radius 3 is 1.89 bits per heavy atom. The molecule has 0 radical (unpaired) electrons. The molecule has 0 aromatic heterocycles. The van der Waals surface area contributed by atoms with E-state index in [4.69, 9.17) is 4.74 Å². The molecule has 0 spiro atoms. The highest BCUT2D eigenvalue weighted by Crippen LogP contribution is 2.41. The Morgan fingerprint density at radius 2 is 1.42 bits per heavy atom. The second-order valence-electron chi connectivity index (χ2n) is 4.63. The van der Waals surface area contributed by atoms with Crippen LogP contribution >= 0.6 is 16.1 Å². The summed E-state index contributed by atoms with van der Waals surface area (Å²) >= 11 is 3.21. The average molecular weight is 316 g/mol. The van der Waals surface area contributed by atoms with Crippen molar-refractivity contribution < 1.29 is 4.74 Å². The van der Waals surface area contributed by atoms with Gasteiger partial charge in [0, 0.05) is 6.42 Å². The lowest BCUT2D eigenvalue weighted by Gasteiger charge is -2.28. The summed E-state index contributed by atoms with van der Waals surface area (Å²) < 4.78 is 9.93. The molecule has 0 N–H and O–H groups in total. The second kappa shape index (κ2) is 5.17. The van der Waals surface area contributed by atoms with Gasteiger partial charge in [-0.1, -0.05) is 60.7 Å². The van der Waals surface area contributed by atoms with E-state index in [-0.39, 0.29) is 5.41 Å². The van der Waals surface area contributed by atoms with E-state index >= 15 is 0 Å². The number of benzene rings is 2. The van der Waals surface area contributed by atoms with Crippen LogP contribution in [0.4, 0.5) is 0 Å². The molecule has 1 saturated heterocycles. The van der Waals surface area contributed by atoms with Crippen LogP contribution in [-0.4, -0.2) is 12.5 Å². The average Bonchev–Trinajstić information content (AvgIpc) is 2.94. The molecule has 3 heteroatoms. The summed E-state index contributed by atoms with van der Waals surface area (Å²) in [6.07, 6.45) is 0.908. The molecule has 1 aliphatic rings. The van der Waals surface area contributed by atoms with Crippen LogP contribution in [0.5, 0.6) is 0 Å². The smallest absolute Gasteiger partial charge is 0.210 e. The van der Waals surface area contributed by atoms with Crippen LogP contribution in [0.1, 0.15) is 17.5 Å². The van der Waals surface area contributed by atoms with Gasteiger partial charge in [-0.05, 0) is 11.1 Å². The van der Waals surface area contributed by atoms with E-state index in [0.717, 1.165) is 12.3 Å². The van der Waals surface area contributed by atoms with Crippen LogP contribution in [0.25, 0.3) is 0 Å². The van der Waals surface area contributed by atoms with E-state index in [1.165, 1.54) is 11.1 Å². The van der Waals surface area contributed by atoms with Crippen LogP contribution in [0, 0.1) is 0 Å². The van der Waals surface area contributed by atoms with Crippen molar-refractivity contribution >= 4 is 22.0 Å². The number of hydrogen-bond acceptors (Lipinski definition) is 2. The molecule has 0 atom stereocenters. The second-order valence-corrected chi connectivity index (χ2v) is 4.98. The zero-order valence-electron chi connectivity index (χ0n) is 10.4.